The number of esters is 1. The maximum absolute atomic E-state index is 11.8. The van der Waals surface area contributed by atoms with Crippen LogP contribution < -0.4 is 0 Å². The van der Waals surface area contributed by atoms with Crippen LogP contribution in [0.4, 0.5) is 0 Å². The molecule has 0 aromatic carbocycles. The lowest BCUT2D eigenvalue weighted by Gasteiger charge is -2.31. The van der Waals surface area contributed by atoms with E-state index >= 15 is 0 Å². The van der Waals surface area contributed by atoms with Gasteiger partial charge in [0.15, 0.2) is 0 Å². The molecule has 116 valence electrons. The Hall–Kier alpha value is -1.05. The topological polar surface area (TPSA) is 44.8 Å². The molecular formula is C16H28O4. The third-order valence-electron chi connectivity index (χ3n) is 3.34. The molecule has 0 bridgehead atoms. The Morgan fingerprint density at radius 3 is 2.10 bits per heavy atom. The number of carbonyl (C=O) groups is 1. The Bertz CT molecular complexity index is 337. The maximum Gasteiger partial charge on any atom is 0.311 e. The normalized spacial score (nSPS) is 17.7. The van der Waals surface area contributed by atoms with Crippen LogP contribution in [0.1, 0.15) is 34.6 Å². The van der Waals surface area contributed by atoms with Gasteiger partial charge in [-0.15, -0.1) is 6.42 Å². The van der Waals surface area contributed by atoms with Crippen molar-refractivity contribution < 1.29 is 19.0 Å². The van der Waals surface area contributed by atoms with Crippen molar-refractivity contribution in [1.82, 2.24) is 0 Å². The Morgan fingerprint density at radius 1 is 1.20 bits per heavy atom. The van der Waals surface area contributed by atoms with E-state index < -0.39 is 5.41 Å². The van der Waals surface area contributed by atoms with E-state index in [2.05, 4.69) is 5.92 Å². The molecule has 0 amide bonds. The number of hydrogen-bond acceptors (Lipinski definition) is 4. The molecule has 0 radical (unpaired) electrons. The maximum atomic E-state index is 11.8. The highest BCUT2D eigenvalue weighted by molar-refractivity contribution is 5.75. The van der Waals surface area contributed by atoms with Gasteiger partial charge < -0.3 is 14.2 Å². The van der Waals surface area contributed by atoms with Crippen LogP contribution in [0.5, 0.6) is 0 Å². The third-order valence-corrected chi connectivity index (χ3v) is 3.34. The van der Waals surface area contributed by atoms with Gasteiger partial charge in [0, 0.05) is 26.1 Å². The van der Waals surface area contributed by atoms with Gasteiger partial charge in [-0.05, 0) is 20.8 Å². The molecule has 20 heavy (non-hydrogen) atoms. The van der Waals surface area contributed by atoms with Gasteiger partial charge in [-0.1, -0.05) is 19.8 Å². The minimum atomic E-state index is -0.498. The van der Waals surface area contributed by atoms with Crippen molar-refractivity contribution in [2.45, 2.75) is 46.8 Å². The average Bonchev–Trinajstić information content (AvgIpc) is 2.37. The third kappa shape index (κ3) is 5.52. The Morgan fingerprint density at radius 2 is 1.75 bits per heavy atom. The van der Waals surface area contributed by atoms with Crippen molar-refractivity contribution in [3.8, 4) is 12.3 Å². The second-order valence-corrected chi connectivity index (χ2v) is 6.21. The lowest BCUT2D eigenvalue weighted by atomic mass is 9.89. The number of ether oxygens (including phenoxy) is 3. The first-order valence-electron chi connectivity index (χ1n) is 6.88. The van der Waals surface area contributed by atoms with E-state index in [4.69, 9.17) is 20.6 Å². The lowest BCUT2D eigenvalue weighted by Crippen LogP contribution is -2.38. The molecule has 0 aliphatic heterocycles. The Balaban J connectivity index is 4.60. The molecule has 0 aromatic heterocycles. The fraction of sp³-hybridized carbons (Fsp3) is 0.812. The van der Waals surface area contributed by atoms with E-state index in [1.54, 1.807) is 14.2 Å². The minimum absolute atomic E-state index is 0.0124. The summed E-state index contributed by atoms with van der Waals surface area (Å²) in [4.78, 5) is 11.8. The average molecular weight is 284 g/mol. The molecule has 0 aliphatic rings. The predicted molar refractivity (Wildman–Crippen MR) is 79.2 cm³/mol. The first kappa shape index (κ1) is 18.9. The van der Waals surface area contributed by atoms with Crippen molar-refractivity contribution in [2.75, 3.05) is 20.8 Å². The van der Waals surface area contributed by atoms with Crippen molar-refractivity contribution in [1.29, 1.82) is 0 Å². The van der Waals surface area contributed by atoms with Crippen molar-refractivity contribution >= 4 is 5.97 Å². The lowest BCUT2D eigenvalue weighted by molar-refractivity contribution is -0.156. The van der Waals surface area contributed by atoms with Crippen LogP contribution >= 0.6 is 0 Å². The number of hydrogen-bond donors (Lipinski definition) is 0. The molecule has 0 aromatic rings. The van der Waals surface area contributed by atoms with E-state index in [-0.39, 0.29) is 30.0 Å². The van der Waals surface area contributed by atoms with E-state index in [0.717, 1.165) is 0 Å². The summed E-state index contributed by atoms with van der Waals surface area (Å²) in [7, 11) is 3.21. The van der Waals surface area contributed by atoms with Crippen LogP contribution in [-0.4, -0.2) is 39.0 Å². The van der Waals surface area contributed by atoms with Crippen LogP contribution in [0.25, 0.3) is 0 Å². The van der Waals surface area contributed by atoms with Gasteiger partial charge >= 0.3 is 5.97 Å². The highest BCUT2D eigenvalue weighted by Crippen LogP contribution is 2.23. The molecular weight excluding hydrogens is 256 g/mol. The molecule has 0 heterocycles. The Labute approximate surface area is 123 Å². The van der Waals surface area contributed by atoms with Crippen LogP contribution in [0.3, 0.4) is 0 Å². The van der Waals surface area contributed by atoms with Crippen LogP contribution in [-0.2, 0) is 19.0 Å². The van der Waals surface area contributed by atoms with Gasteiger partial charge in [0.1, 0.15) is 6.10 Å². The van der Waals surface area contributed by atoms with Gasteiger partial charge in [-0.2, -0.15) is 0 Å². The molecule has 4 nitrogen and oxygen atoms in total. The number of terminal acetylenes is 1. The van der Waals surface area contributed by atoms with Gasteiger partial charge in [0.25, 0.3) is 0 Å². The highest BCUT2D eigenvalue weighted by atomic mass is 16.5. The summed E-state index contributed by atoms with van der Waals surface area (Å²) in [5.41, 5.74) is -0.498. The second kappa shape index (κ2) is 8.28. The summed E-state index contributed by atoms with van der Waals surface area (Å²) in [6.45, 7) is 9.75. The fourth-order valence-corrected chi connectivity index (χ4v) is 2.09. The predicted octanol–water partition coefficient (Wildman–Crippen LogP) is 2.51. The molecule has 0 aliphatic carbocycles. The molecule has 0 N–H and O–H groups in total. The first-order valence-corrected chi connectivity index (χ1v) is 6.88. The molecule has 4 atom stereocenters. The highest BCUT2D eigenvalue weighted by Gasteiger charge is 2.31. The van der Waals surface area contributed by atoms with Crippen LogP contribution in [0.2, 0.25) is 0 Å². The summed E-state index contributed by atoms with van der Waals surface area (Å²) in [5, 5.41) is 0. The quantitative estimate of drug-likeness (QED) is 0.532. The second-order valence-electron chi connectivity index (χ2n) is 6.21. The van der Waals surface area contributed by atoms with Gasteiger partial charge in [0.2, 0.25) is 0 Å². The van der Waals surface area contributed by atoms with E-state index in [0.29, 0.717) is 6.61 Å². The summed E-state index contributed by atoms with van der Waals surface area (Å²) in [5.74, 6) is 2.43. The number of methoxy groups -OCH3 is 2. The van der Waals surface area contributed by atoms with Crippen molar-refractivity contribution in [2.24, 2.45) is 17.3 Å². The monoisotopic (exact) mass is 284 g/mol. The molecule has 0 rings (SSSR count). The van der Waals surface area contributed by atoms with Crippen molar-refractivity contribution in [3.05, 3.63) is 0 Å². The van der Waals surface area contributed by atoms with Crippen molar-refractivity contribution in [3.63, 3.8) is 0 Å². The summed E-state index contributed by atoms with van der Waals surface area (Å²) >= 11 is 0. The molecule has 4 unspecified atom stereocenters. The molecule has 0 spiro atoms. The first-order chi connectivity index (χ1) is 9.18. The zero-order valence-corrected chi connectivity index (χ0v) is 13.7. The summed E-state index contributed by atoms with van der Waals surface area (Å²) in [6.07, 6.45) is 4.99. The largest absolute Gasteiger partial charge is 0.465 e. The van der Waals surface area contributed by atoms with Gasteiger partial charge in [-0.3, -0.25) is 4.79 Å². The van der Waals surface area contributed by atoms with E-state index in [1.807, 2.05) is 34.6 Å². The number of carbonyl (C=O) groups excluding carboxylic acids is 1. The zero-order valence-electron chi connectivity index (χ0n) is 13.7. The summed E-state index contributed by atoms with van der Waals surface area (Å²) < 4.78 is 16.1. The minimum Gasteiger partial charge on any atom is -0.465 e. The fourth-order valence-electron chi connectivity index (χ4n) is 2.09. The SMILES string of the molecule is C#CC(OC)C(C)C(OC)C(C)COC(=O)C(C)(C)C. The van der Waals surface area contributed by atoms with E-state index in [9.17, 15) is 4.79 Å². The molecule has 0 saturated carbocycles. The molecule has 4 heteroatoms. The number of rotatable bonds is 7. The smallest absolute Gasteiger partial charge is 0.311 e. The standard InChI is InChI=1S/C16H28O4/c1-9-13(18-7)12(3)14(19-8)11(2)10-20-15(17)16(4,5)6/h1,11-14H,10H2,2-8H3. The van der Waals surface area contributed by atoms with Gasteiger partial charge in [0.05, 0.1) is 18.1 Å². The Kier molecular flexibility index (Phi) is 7.85. The summed E-state index contributed by atoms with van der Waals surface area (Å²) in [6, 6.07) is 0. The molecule has 0 saturated heterocycles. The molecule has 0 fully saturated rings. The van der Waals surface area contributed by atoms with Gasteiger partial charge in [-0.25, -0.2) is 0 Å². The zero-order chi connectivity index (χ0) is 15.9. The van der Waals surface area contributed by atoms with Crippen LogP contribution in [0, 0.1) is 29.6 Å². The van der Waals surface area contributed by atoms with Crippen LogP contribution in [0.15, 0.2) is 0 Å². The van der Waals surface area contributed by atoms with E-state index in [1.165, 1.54) is 0 Å².